The Hall–Kier alpha value is -2.98. The van der Waals surface area contributed by atoms with E-state index in [0.29, 0.717) is 31.1 Å². The number of rotatable bonds is 7. The van der Waals surface area contributed by atoms with Crippen molar-refractivity contribution in [1.29, 1.82) is 0 Å². The van der Waals surface area contributed by atoms with E-state index in [0.717, 1.165) is 50.4 Å². The predicted molar refractivity (Wildman–Crippen MR) is 142 cm³/mol. The summed E-state index contributed by atoms with van der Waals surface area (Å²) in [5, 5.41) is 4.00. The van der Waals surface area contributed by atoms with Gasteiger partial charge in [-0.3, -0.25) is 0 Å². The smallest absolute Gasteiger partial charge is 0.184 e. The Morgan fingerprint density at radius 2 is 1.63 bits per heavy atom. The van der Waals surface area contributed by atoms with Gasteiger partial charge in [-0.25, -0.2) is 0 Å². The third-order valence-corrected chi connectivity index (χ3v) is 8.14. The fourth-order valence-corrected chi connectivity index (χ4v) is 6.30. The molecule has 3 aliphatic rings. The fraction of sp³-hybridized carbons (Fsp3) is 0.419. The van der Waals surface area contributed by atoms with Gasteiger partial charge in [-0.2, -0.15) is 0 Å². The Morgan fingerprint density at radius 1 is 0.829 bits per heavy atom. The van der Waals surface area contributed by atoms with Gasteiger partial charge >= 0.3 is 0 Å². The molecule has 0 saturated carbocycles. The lowest BCUT2D eigenvalue weighted by Crippen LogP contribution is -2.44. The topological polar surface area (TPSA) is 33.7 Å². The van der Waals surface area contributed by atoms with Crippen LogP contribution < -0.4 is 19.7 Å². The van der Waals surface area contributed by atoms with Crippen LogP contribution in [0.4, 0.5) is 5.69 Å². The lowest BCUT2D eigenvalue weighted by atomic mass is 9.82. The van der Waals surface area contributed by atoms with Crippen molar-refractivity contribution < 1.29 is 9.47 Å². The molecule has 3 aromatic rings. The van der Waals surface area contributed by atoms with Crippen molar-refractivity contribution in [1.82, 2.24) is 5.32 Å². The van der Waals surface area contributed by atoms with Gasteiger partial charge < -0.3 is 19.7 Å². The average molecular weight is 469 g/mol. The highest BCUT2D eigenvalue weighted by Crippen LogP contribution is 2.41. The molecule has 0 bridgehead atoms. The molecule has 182 valence electrons. The molecule has 2 heterocycles. The number of para-hydroxylation sites is 1. The van der Waals surface area contributed by atoms with Crippen LogP contribution in [0.3, 0.4) is 0 Å². The normalized spacial score (nSPS) is 20.5. The summed E-state index contributed by atoms with van der Waals surface area (Å²) in [5.74, 6) is 3.07. The zero-order chi connectivity index (χ0) is 23.5. The van der Waals surface area contributed by atoms with Gasteiger partial charge in [0, 0.05) is 19.1 Å². The number of aryl methyl sites for hydroxylation is 1. The SMILES string of the molecule is c1ccc(CC(CNC2CCN(c3cccc4c3OCCO4)CC2)C2CCc3ccccc32)cc1. The van der Waals surface area contributed by atoms with E-state index in [9.17, 15) is 0 Å². The van der Waals surface area contributed by atoms with Crippen molar-refractivity contribution in [2.45, 2.75) is 44.1 Å². The number of hydrogen-bond acceptors (Lipinski definition) is 4. The van der Waals surface area contributed by atoms with E-state index in [1.807, 2.05) is 6.07 Å². The number of hydrogen-bond donors (Lipinski definition) is 1. The number of piperidine rings is 1. The molecule has 35 heavy (non-hydrogen) atoms. The molecule has 1 saturated heterocycles. The van der Waals surface area contributed by atoms with Crippen LogP contribution in [-0.2, 0) is 12.8 Å². The molecule has 0 spiro atoms. The molecule has 1 N–H and O–H groups in total. The maximum Gasteiger partial charge on any atom is 0.184 e. The van der Waals surface area contributed by atoms with Crippen LogP contribution in [0, 0.1) is 5.92 Å². The van der Waals surface area contributed by atoms with Gasteiger partial charge in [-0.05, 0) is 79.3 Å². The summed E-state index contributed by atoms with van der Waals surface area (Å²) in [7, 11) is 0. The van der Waals surface area contributed by atoms with Crippen molar-refractivity contribution in [3.8, 4) is 11.5 Å². The predicted octanol–water partition coefficient (Wildman–Crippen LogP) is 5.61. The Balaban J connectivity index is 1.11. The summed E-state index contributed by atoms with van der Waals surface area (Å²) >= 11 is 0. The third-order valence-electron chi connectivity index (χ3n) is 8.14. The van der Waals surface area contributed by atoms with E-state index in [2.05, 4.69) is 76.9 Å². The van der Waals surface area contributed by atoms with Gasteiger partial charge in [0.25, 0.3) is 0 Å². The summed E-state index contributed by atoms with van der Waals surface area (Å²) in [6.07, 6.45) is 5.95. The van der Waals surface area contributed by atoms with Gasteiger partial charge in [0.1, 0.15) is 13.2 Å². The van der Waals surface area contributed by atoms with Crippen LogP contribution in [0.25, 0.3) is 0 Å². The molecule has 0 amide bonds. The number of fused-ring (bicyclic) bond motifs is 2. The zero-order valence-electron chi connectivity index (χ0n) is 20.5. The van der Waals surface area contributed by atoms with E-state index >= 15 is 0 Å². The van der Waals surface area contributed by atoms with E-state index in [1.54, 1.807) is 11.1 Å². The summed E-state index contributed by atoms with van der Waals surface area (Å²) in [6, 6.07) is 27.0. The Morgan fingerprint density at radius 3 is 2.51 bits per heavy atom. The molecule has 2 aliphatic heterocycles. The lowest BCUT2D eigenvalue weighted by molar-refractivity contribution is 0.172. The summed E-state index contributed by atoms with van der Waals surface area (Å²) in [6.45, 7) is 4.45. The molecule has 4 nitrogen and oxygen atoms in total. The first-order valence-corrected chi connectivity index (χ1v) is 13.3. The van der Waals surface area contributed by atoms with Crippen molar-refractivity contribution in [2.24, 2.45) is 5.92 Å². The average Bonchev–Trinajstić information content (AvgIpc) is 3.36. The van der Waals surface area contributed by atoms with Crippen LogP contribution in [0.15, 0.2) is 72.8 Å². The van der Waals surface area contributed by atoms with Crippen molar-refractivity contribution in [2.75, 3.05) is 37.7 Å². The summed E-state index contributed by atoms with van der Waals surface area (Å²) < 4.78 is 11.8. The van der Waals surface area contributed by atoms with Crippen LogP contribution in [0.2, 0.25) is 0 Å². The monoisotopic (exact) mass is 468 g/mol. The summed E-state index contributed by atoms with van der Waals surface area (Å²) in [4.78, 5) is 2.47. The maximum absolute atomic E-state index is 5.97. The molecular weight excluding hydrogens is 432 g/mol. The molecule has 0 radical (unpaired) electrons. The number of benzene rings is 3. The molecular formula is C31H36N2O2. The molecule has 0 aromatic heterocycles. The van der Waals surface area contributed by atoms with Crippen molar-refractivity contribution >= 4 is 5.69 Å². The highest BCUT2D eigenvalue weighted by molar-refractivity contribution is 5.65. The number of ether oxygens (including phenoxy) is 2. The maximum atomic E-state index is 5.97. The minimum atomic E-state index is 0.567. The van der Waals surface area contributed by atoms with Gasteiger partial charge in [0.05, 0.1) is 5.69 Å². The molecule has 1 aliphatic carbocycles. The largest absolute Gasteiger partial charge is 0.486 e. The lowest BCUT2D eigenvalue weighted by Gasteiger charge is -2.36. The van der Waals surface area contributed by atoms with Gasteiger partial charge in [-0.1, -0.05) is 60.7 Å². The second-order valence-electron chi connectivity index (χ2n) is 10.3. The number of anilines is 1. The highest BCUT2D eigenvalue weighted by atomic mass is 16.6. The Kier molecular flexibility index (Phi) is 6.64. The molecule has 1 fully saturated rings. The second kappa shape index (κ2) is 10.3. The van der Waals surface area contributed by atoms with Gasteiger partial charge in [0.2, 0.25) is 0 Å². The van der Waals surface area contributed by atoms with Crippen LogP contribution >= 0.6 is 0 Å². The number of nitrogens with one attached hydrogen (secondary N) is 1. The Bertz CT molecular complexity index is 1120. The van der Waals surface area contributed by atoms with Gasteiger partial charge in [0.15, 0.2) is 11.5 Å². The van der Waals surface area contributed by atoms with E-state index in [4.69, 9.17) is 9.47 Å². The van der Waals surface area contributed by atoms with Gasteiger partial charge in [-0.15, -0.1) is 0 Å². The Labute approximate surface area is 209 Å². The number of nitrogens with zero attached hydrogens (tertiary/aromatic N) is 1. The first-order valence-electron chi connectivity index (χ1n) is 13.3. The molecule has 2 unspecified atom stereocenters. The van der Waals surface area contributed by atoms with Crippen LogP contribution in [0.5, 0.6) is 11.5 Å². The third kappa shape index (κ3) is 4.90. The van der Waals surface area contributed by atoms with Crippen LogP contribution in [-0.4, -0.2) is 38.9 Å². The molecule has 6 rings (SSSR count). The fourth-order valence-electron chi connectivity index (χ4n) is 6.30. The first kappa shape index (κ1) is 22.5. The molecule has 2 atom stereocenters. The van der Waals surface area contributed by atoms with Crippen molar-refractivity contribution in [3.63, 3.8) is 0 Å². The zero-order valence-corrected chi connectivity index (χ0v) is 20.5. The van der Waals surface area contributed by atoms with E-state index in [1.165, 1.54) is 24.1 Å². The standard InChI is InChI=1S/C31H36N2O2/c1-2-7-23(8-3-1)21-25(28-14-13-24-9-4-5-10-27(24)28)22-32-26-15-17-33(18-16-26)29-11-6-12-30-31(29)35-20-19-34-30/h1-12,25-26,28,32H,13-22H2. The van der Waals surface area contributed by atoms with E-state index in [-0.39, 0.29) is 0 Å². The minimum absolute atomic E-state index is 0.567. The molecule has 3 aromatic carbocycles. The first-order chi connectivity index (χ1) is 17.3. The minimum Gasteiger partial charge on any atom is -0.486 e. The quantitative estimate of drug-likeness (QED) is 0.489. The van der Waals surface area contributed by atoms with Crippen LogP contribution in [0.1, 0.15) is 41.9 Å². The second-order valence-corrected chi connectivity index (χ2v) is 10.3. The van der Waals surface area contributed by atoms with Crippen molar-refractivity contribution in [3.05, 3.63) is 89.5 Å². The summed E-state index contributed by atoms with van der Waals surface area (Å²) in [5.41, 5.74) is 5.78. The molecule has 4 heteroatoms. The highest BCUT2D eigenvalue weighted by Gasteiger charge is 2.31. The van der Waals surface area contributed by atoms with E-state index < -0.39 is 0 Å².